The van der Waals surface area contributed by atoms with Gasteiger partial charge in [0.05, 0.1) is 6.61 Å². The molecule has 0 fully saturated rings. The minimum Gasteiger partial charge on any atom is -0.479 e. The summed E-state index contributed by atoms with van der Waals surface area (Å²) in [5, 5.41) is 8.06. The molecule has 0 spiro atoms. The summed E-state index contributed by atoms with van der Waals surface area (Å²) in [5.41, 5.74) is 0. The van der Waals surface area contributed by atoms with Crippen LogP contribution in [0.5, 0.6) is 0 Å². The van der Waals surface area contributed by atoms with Crippen molar-refractivity contribution >= 4 is 5.90 Å². The van der Waals surface area contributed by atoms with Crippen molar-refractivity contribution in [1.82, 2.24) is 0 Å². The van der Waals surface area contributed by atoms with E-state index >= 15 is 0 Å². The van der Waals surface area contributed by atoms with E-state index in [2.05, 4.69) is 13.8 Å². The first kappa shape index (κ1) is 33.4. The Balaban J connectivity index is 3.29. The van der Waals surface area contributed by atoms with Crippen molar-refractivity contribution in [2.75, 3.05) is 13.2 Å². The van der Waals surface area contributed by atoms with Gasteiger partial charge in [-0.1, -0.05) is 155 Å². The maximum absolute atomic E-state index is 8.06. The zero-order chi connectivity index (χ0) is 25.0. The minimum atomic E-state index is -0.204. The van der Waals surface area contributed by atoms with Gasteiger partial charge in [-0.3, -0.25) is 5.41 Å². The molecule has 3 heteroatoms. The lowest BCUT2D eigenvalue weighted by molar-refractivity contribution is 0.0841. The van der Waals surface area contributed by atoms with Gasteiger partial charge in [0, 0.05) is 6.61 Å². The predicted molar refractivity (Wildman–Crippen MR) is 151 cm³/mol. The van der Waals surface area contributed by atoms with E-state index in [-0.39, 0.29) is 6.10 Å². The zero-order valence-corrected chi connectivity index (χ0v) is 23.8. The number of hydrogen-bond acceptors (Lipinski definition) is 3. The first-order chi connectivity index (χ1) is 16.7. The van der Waals surface area contributed by atoms with E-state index in [1.54, 1.807) is 0 Å². The van der Waals surface area contributed by atoms with Gasteiger partial charge in [0.15, 0.2) is 0 Å². The van der Waals surface area contributed by atoms with Crippen LogP contribution >= 0.6 is 0 Å². The molecule has 1 unspecified atom stereocenters. The molecule has 0 aliphatic heterocycles. The van der Waals surface area contributed by atoms with Crippen LogP contribution in [0.25, 0.3) is 0 Å². The monoisotopic (exact) mass is 481 g/mol. The molecule has 1 atom stereocenters. The fourth-order valence-electron chi connectivity index (χ4n) is 4.52. The first-order valence-electron chi connectivity index (χ1n) is 15.5. The summed E-state index contributed by atoms with van der Waals surface area (Å²) < 4.78 is 11.4. The Bertz CT molecular complexity index is 399. The number of ether oxygens (including phenoxy) is 2. The summed E-state index contributed by atoms with van der Waals surface area (Å²) in [6.45, 7) is 7.94. The maximum Gasteiger partial charge on any atom is 0.210 e. The van der Waals surface area contributed by atoms with E-state index in [9.17, 15) is 0 Å². The minimum absolute atomic E-state index is 0.204. The van der Waals surface area contributed by atoms with Crippen LogP contribution in [0.3, 0.4) is 0 Å². The van der Waals surface area contributed by atoms with Crippen LogP contribution in [0.1, 0.15) is 175 Å². The summed E-state index contributed by atoms with van der Waals surface area (Å²) >= 11 is 0. The van der Waals surface area contributed by atoms with Crippen molar-refractivity contribution in [2.45, 2.75) is 181 Å². The molecule has 3 nitrogen and oxygen atoms in total. The molecule has 0 bridgehead atoms. The van der Waals surface area contributed by atoms with Gasteiger partial charge in [-0.25, -0.2) is 0 Å². The largest absolute Gasteiger partial charge is 0.479 e. The second-order valence-corrected chi connectivity index (χ2v) is 10.5. The third-order valence-corrected chi connectivity index (χ3v) is 6.99. The summed E-state index contributed by atoms with van der Waals surface area (Å²) in [5.74, 6) is 0.307. The summed E-state index contributed by atoms with van der Waals surface area (Å²) in [4.78, 5) is 0. The van der Waals surface area contributed by atoms with Crippen LogP contribution in [0.4, 0.5) is 0 Å². The molecule has 0 aromatic carbocycles. The van der Waals surface area contributed by atoms with Crippen molar-refractivity contribution in [1.29, 1.82) is 5.41 Å². The molecule has 0 rings (SSSR count). The molecule has 0 aliphatic rings. The molecule has 0 radical (unpaired) electrons. The average Bonchev–Trinajstić information content (AvgIpc) is 2.84. The highest BCUT2D eigenvalue weighted by Crippen LogP contribution is 2.13. The number of unbranched alkanes of at least 4 members (excludes halogenated alkanes) is 22. The Morgan fingerprint density at radius 1 is 0.471 bits per heavy atom. The standard InChI is InChI=1S/C31H63NO2/c1-4-6-8-10-12-14-16-18-20-22-24-26-28-33-30(3)31(32)34-29-27-25-23-21-19-17-15-13-11-9-7-5-2/h30,32H,4-29H2,1-3H3. The van der Waals surface area contributed by atoms with Crippen LogP contribution < -0.4 is 0 Å². The van der Waals surface area contributed by atoms with Gasteiger partial charge in [0.2, 0.25) is 5.90 Å². The fourth-order valence-corrected chi connectivity index (χ4v) is 4.52. The Labute approximate surface area is 215 Å². The second-order valence-electron chi connectivity index (χ2n) is 10.5. The molecule has 0 saturated heterocycles. The van der Waals surface area contributed by atoms with Crippen LogP contribution in [-0.4, -0.2) is 25.2 Å². The third kappa shape index (κ3) is 26.0. The van der Waals surface area contributed by atoms with Crippen molar-refractivity contribution in [3.05, 3.63) is 0 Å². The van der Waals surface area contributed by atoms with Crippen LogP contribution in [0.2, 0.25) is 0 Å². The molecule has 0 aromatic heterocycles. The van der Waals surface area contributed by atoms with E-state index in [0.717, 1.165) is 19.4 Å². The molecule has 34 heavy (non-hydrogen) atoms. The van der Waals surface area contributed by atoms with Crippen LogP contribution in [-0.2, 0) is 9.47 Å². The molecule has 1 N–H and O–H groups in total. The van der Waals surface area contributed by atoms with Gasteiger partial charge in [-0.15, -0.1) is 0 Å². The summed E-state index contributed by atoms with van der Waals surface area (Å²) in [6.07, 6.45) is 32.3. The second kappa shape index (κ2) is 28.7. The predicted octanol–water partition coefficient (Wildman–Crippen LogP) is 10.8. The fraction of sp³-hybridized carbons (Fsp3) is 0.968. The highest BCUT2D eigenvalue weighted by molar-refractivity contribution is 5.77. The Morgan fingerprint density at radius 2 is 0.765 bits per heavy atom. The molecule has 0 aliphatic carbocycles. The highest BCUT2D eigenvalue weighted by atomic mass is 16.5. The van der Waals surface area contributed by atoms with Gasteiger partial charge in [-0.05, 0) is 19.8 Å². The van der Waals surface area contributed by atoms with Crippen molar-refractivity contribution in [3.8, 4) is 0 Å². The third-order valence-electron chi connectivity index (χ3n) is 6.99. The molecular formula is C31H63NO2. The average molecular weight is 482 g/mol. The van der Waals surface area contributed by atoms with Gasteiger partial charge in [0.1, 0.15) is 6.10 Å². The van der Waals surface area contributed by atoms with Crippen molar-refractivity contribution in [2.24, 2.45) is 0 Å². The van der Waals surface area contributed by atoms with Gasteiger partial charge >= 0.3 is 0 Å². The van der Waals surface area contributed by atoms with E-state index in [0.29, 0.717) is 12.5 Å². The molecule has 0 amide bonds. The van der Waals surface area contributed by atoms with Crippen LogP contribution in [0, 0.1) is 5.41 Å². The maximum atomic E-state index is 8.06. The van der Waals surface area contributed by atoms with Crippen LogP contribution in [0.15, 0.2) is 0 Å². The van der Waals surface area contributed by atoms with E-state index in [4.69, 9.17) is 14.9 Å². The lowest BCUT2D eigenvalue weighted by Gasteiger charge is -2.15. The SMILES string of the molecule is CCCCCCCCCCCCCCOC(=N)C(C)OCCCCCCCCCCCCCC. The van der Waals surface area contributed by atoms with E-state index in [1.165, 1.54) is 141 Å². The summed E-state index contributed by atoms with van der Waals surface area (Å²) in [6, 6.07) is 0. The number of hydrogen-bond donors (Lipinski definition) is 1. The lowest BCUT2D eigenvalue weighted by Crippen LogP contribution is -2.23. The number of nitrogens with one attached hydrogen (secondary N) is 1. The quantitative estimate of drug-likeness (QED) is 0.0685. The molecular weight excluding hydrogens is 418 g/mol. The summed E-state index contributed by atoms with van der Waals surface area (Å²) in [7, 11) is 0. The van der Waals surface area contributed by atoms with Gasteiger partial charge < -0.3 is 9.47 Å². The Morgan fingerprint density at radius 3 is 1.12 bits per heavy atom. The van der Waals surface area contributed by atoms with E-state index < -0.39 is 0 Å². The smallest absolute Gasteiger partial charge is 0.210 e. The lowest BCUT2D eigenvalue weighted by atomic mass is 10.1. The van der Waals surface area contributed by atoms with Gasteiger partial charge in [0.25, 0.3) is 0 Å². The van der Waals surface area contributed by atoms with E-state index in [1.807, 2.05) is 6.92 Å². The van der Waals surface area contributed by atoms with Crippen molar-refractivity contribution < 1.29 is 9.47 Å². The van der Waals surface area contributed by atoms with Gasteiger partial charge in [-0.2, -0.15) is 0 Å². The molecule has 0 saturated carbocycles. The number of rotatable bonds is 28. The molecule has 0 heterocycles. The normalized spacial score (nSPS) is 12.2. The Kier molecular flexibility index (Phi) is 28.2. The first-order valence-corrected chi connectivity index (χ1v) is 15.5. The molecule has 204 valence electrons. The highest BCUT2D eigenvalue weighted by Gasteiger charge is 2.10. The molecule has 0 aromatic rings. The zero-order valence-electron chi connectivity index (χ0n) is 23.8. The Hall–Kier alpha value is -0.570. The topological polar surface area (TPSA) is 42.3 Å². The van der Waals surface area contributed by atoms with Crippen molar-refractivity contribution in [3.63, 3.8) is 0 Å².